The van der Waals surface area contributed by atoms with Crippen molar-refractivity contribution in [1.82, 2.24) is 4.90 Å². The third-order valence-electron chi connectivity index (χ3n) is 3.63. The Kier molecular flexibility index (Phi) is 4.27. The fourth-order valence-corrected chi connectivity index (χ4v) is 2.55. The molecule has 1 aliphatic heterocycles. The van der Waals surface area contributed by atoms with Crippen LogP contribution >= 0.6 is 0 Å². The summed E-state index contributed by atoms with van der Waals surface area (Å²) in [6, 6.07) is 7.06. The zero-order valence-electron chi connectivity index (χ0n) is 11.7. The number of carbonyl (C=O) groups is 2. The molecule has 1 fully saturated rings. The molecular formula is C15H19NO4. The number of carbonyl (C=O) groups excluding carboxylic acids is 1. The van der Waals surface area contributed by atoms with Gasteiger partial charge >= 0.3 is 5.97 Å². The van der Waals surface area contributed by atoms with Crippen LogP contribution in [0.2, 0.25) is 0 Å². The van der Waals surface area contributed by atoms with Crippen LogP contribution in [0.25, 0.3) is 0 Å². The molecule has 2 atom stereocenters. The summed E-state index contributed by atoms with van der Waals surface area (Å²) in [4.78, 5) is 25.2. The van der Waals surface area contributed by atoms with Gasteiger partial charge in [-0.2, -0.15) is 0 Å². The first-order valence-corrected chi connectivity index (χ1v) is 6.78. The maximum atomic E-state index is 12.5. The van der Waals surface area contributed by atoms with Gasteiger partial charge in [0.15, 0.2) is 0 Å². The number of hydrogen-bond donors (Lipinski definition) is 1. The number of carboxylic acid groups (broad SMARTS) is 1. The number of ether oxygens (including phenoxy) is 1. The maximum absolute atomic E-state index is 12.5. The molecule has 0 radical (unpaired) electrons. The van der Waals surface area contributed by atoms with Gasteiger partial charge < -0.3 is 14.7 Å². The van der Waals surface area contributed by atoms with E-state index in [-0.39, 0.29) is 18.4 Å². The number of hydrogen-bond acceptors (Lipinski definition) is 3. The van der Waals surface area contributed by atoms with E-state index in [1.165, 1.54) is 0 Å². The molecule has 5 nitrogen and oxygen atoms in total. The van der Waals surface area contributed by atoms with Crippen molar-refractivity contribution in [2.45, 2.75) is 13.8 Å². The van der Waals surface area contributed by atoms with Crippen LogP contribution in [0.5, 0.6) is 5.75 Å². The first-order chi connectivity index (χ1) is 9.54. The Morgan fingerprint density at radius 3 is 2.65 bits per heavy atom. The summed E-state index contributed by atoms with van der Waals surface area (Å²) in [6.07, 6.45) is 0. The fourth-order valence-electron chi connectivity index (χ4n) is 2.55. The van der Waals surface area contributed by atoms with Crippen molar-refractivity contribution >= 4 is 11.9 Å². The van der Waals surface area contributed by atoms with E-state index in [2.05, 4.69) is 0 Å². The quantitative estimate of drug-likeness (QED) is 0.912. The van der Waals surface area contributed by atoms with E-state index in [4.69, 9.17) is 9.84 Å². The molecule has 108 valence electrons. The Morgan fingerprint density at radius 2 is 2.05 bits per heavy atom. The van der Waals surface area contributed by atoms with Crippen LogP contribution < -0.4 is 4.74 Å². The molecule has 2 unspecified atom stereocenters. The lowest BCUT2D eigenvalue weighted by atomic mass is 9.99. The smallest absolute Gasteiger partial charge is 0.308 e. The van der Waals surface area contributed by atoms with Crippen molar-refractivity contribution in [3.63, 3.8) is 0 Å². The lowest BCUT2D eigenvalue weighted by Gasteiger charge is -2.18. The molecule has 0 aromatic heterocycles. The van der Waals surface area contributed by atoms with E-state index in [0.29, 0.717) is 24.5 Å². The van der Waals surface area contributed by atoms with E-state index in [1.807, 2.05) is 19.9 Å². The van der Waals surface area contributed by atoms with Gasteiger partial charge in [-0.15, -0.1) is 0 Å². The molecule has 0 bridgehead atoms. The van der Waals surface area contributed by atoms with Gasteiger partial charge in [0.2, 0.25) is 0 Å². The summed E-state index contributed by atoms with van der Waals surface area (Å²) >= 11 is 0. The molecule has 2 rings (SSSR count). The summed E-state index contributed by atoms with van der Waals surface area (Å²) in [5, 5.41) is 9.13. The van der Waals surface area contributed by atoms with Gasteiger partial charge in [-0.3, -0.25) is 9.59 Å². The minimum atomic E-state index is -0.842. The first kappa shape index (κ1) is 14.4. The molecular weight excluding hydrogens is 258 g/mol. The third kappa shape index (κ3) is 2.76. The SMILES string of the molecule is CCOc1ccccc1C(=O)N1CC(C)C(C(=O)O)C1. The van der Waals surface area contributed by atoms with Crippen molar-refractivity contribution in [2.24, 2.45) is 11.8 Å². The van der Waals surface area contributed by atoms with Crippen molar-refractivity contribution < 1.29 is 19.4 Å². The maximum Gasteiger partial charge on any atom is 0.308 e. The van der Waals surface area contributed by atoms with E-state index in [9.17, 15) is 9.59 Å². The van der Waals surface area contributed by atoms with Crippen LogP contribution in [0, 0.1) is 11.8 Å². The Hall–Kier alpha value is -2.04. The van der Waals surface area contributed by atoms with Crippen LogP contribution in [0.1, 0.15) is 24.2 Å². The molecule has 1 aromatic rings. The van der Waals surface area contributed by atoms with Gasteiger partial charge in [0, 0.05) is 13.1 Å². The van der Waals surface area contributed by atoms with Gasteiger partial charge in [-0.1, -0.05) is 19.1 Å². The summed E-state index contributed by atoms with van der Waals surface area (Å²) in [5.74, 6) is -0.976. The van der Waals surface area contributed by atoms with Crippen molar-refractivity contribution in [1.29, 1.82) is 0 Å². The predicted octanol–water partition coefficient (Wildman–Crippen LogP) is 1.88. The fraction of sp³-hybridized carbons (Fsp3) is 0.467. The number of carboxylic acids is 1. The molecule has 1 amide bonds. The highest BCUT2D eigenvalue weighted by atomic mass is 16.5. The van der Waals surface area contributed by atoms with Crippen molar-refractivity contribution in [3.05, 3.63) is 29.8 Å². The summed E-state index contributed by atoms with van der Waals surface area (Å²) in [7, 11) is 0. The Balaban J connectivity index is 2.19. The monoisotopic (exact) mass is 277 g/mol. The summed E-state index contributed by atoms with van der Waals surface area (Å²) in [6.45, 7) is 4.94. The lowest BCUT2D eigenvalue weighted by molar-refractivity contribution is -0.142. The average molecular weight is 277 g/mol. The van der Waals surface area contributed by atoms with Crippen LogP contribution in [0.4, 0.5) is 0 Å². The second-order valence-electron chi connectivity index (χ2n) is 5.06. The highest BCUT2D eigenvalue weighted by Crippen LogP contribution is 2.27. The second kappa shape index (κ2) is 5.94. The van der Waals surface area contributed by atoms with Gasteiger partial charge in [0.05, 0.1) is 18.1 Å². The van der Waals surface area contributed by atoms with E-state index < -0.39 is 11.9 Å². The Labute approximate surface area is 118 Å². The molecule has 1 saturated heterocycles. The molecule has 1 aliphatic rings. The number of para-hydroxylation sites is 1. The molecule has 0 saturated carbocycles. The number of amides is 1. The number of benzene rings is 1. The zero-order chi connectivity index (χ0) is 14.7. The van der Waals surface area contributed by atoms with Crippen LogP contribution in [-0.4, -0.2) is 41.6 Å². The van der Waals surface area contributed by atoms with Crippen LogP contribution in [0.3, 0.4) is 0 Å². The van der Waals surface area contributed by atoms with Gasteiger partial charge in [-0.05, 0) is 25.0 Å². The van der Waals surface area contributed by atoms with Crippen LogP contribution in [-0.2, 0) is 4.79 Å². The van der Waals surface area contributed by atoms with Crippen molar-refractivity contribution in [3.8, 4) is 5.75 Å². The van der Waals surface area contributed by atoms with E-state index >= 15 is 0 Å². The van der Waals surface area contributed by atoms with Crippen molar-refractivity contribution in [2.75, 3.05) is 19.7 Å². The minimum absolute atomic E-state index is 0.0318. The lowest BCUT2D eigenvalue weighted by Crippen LogP contribution is -2.30. The first-order valence-electron chi connectivity index (χ1n) is 6.78. The van der Waals surface area contributed by atoms with Crippen LogP contribution in [0.15, 0.2) is 24.3 Å². The molecule has 0 spiro atoms. The molecule has 20 heavy (non-hydrogen) atoms. The third-order valence-corrected chi connectivity index (χ3v) is 3.63. The van der Waals surface area contributed by atoms with Gasteiger partial charge in [0.25, 0.3) is 5.91 Å². The summed E-state index contributed by atoms with van der Waals surface area (Å²) in [5.41, 5.74) is 0.493. The van der Waals surface area contributed by atoms with E-state index in [1.54, 1.807) is 23.1 Å². The topological polar surface area (TPSA) is 66.8 Å². The highest BCUT2D eigenvalue weighted by Gasteiger charge is 2.37. The number of rotatable bonds is 4. The predicted molar refractivity (Wildman–Crippen MR) is 73.8 cm³/mol. The number of aliphatic carboxylic acids is 1. The molecule has 1 N–H and O–H groups in total. The van der Waals surface area contributed by atoms with Gasteiger partial charge in [0.1, 0.15) is 5.75 Å². The average Bonchev–Trinajstić information content (AvgIpc) is 2.81. The van der Waals surface area contributed by atoms with Gasteiger partial charge in [-0.25, -0.2) is 0 Å². The summed E-state index contributed by atoms with van der Waals surface area (Å²) < 4.78 is 5.46. The Morgan fingerprint density at radius 1 is 1.35 bits per heavy atom. The molecule has 0 aliphatic carbocycles. The standard InChI is InChI=1S/C15H19NO4/c1-3-20-13-7-5-4-6-11(13)14(17)16-8-10(2)12(9-16)15(18)19/h4-7,10,12H,3,8-9H2,1-2H3,(H,18,19). The van der Waals surface area contributed by atoms with E-state index in [0.717, 1.165) is 0 Å². The zero-order valence-corrected chi connectivity index (χ0v) is 11.7. The largest absolute Gasteiger partial charge is 0.493 e. The highest BCUT2D eigenvalue weighted by molar-refractivity contribution is 5.97. The molecule has 1 heterocycles. The number of likely N-dealkylation sites (tertiary alicyclic amines) is 1. The normalized spacial score (nSPS) is 21.8. The molecule has 5 heteroatoms. The molecule has 1 aromatic carbocycles. The second-order valence-corrected chi connectivity index (χ2v) is 5.06. The minimum Gasteiger partial charge on any atom is -0.493 e. The number of nitrogens with zero attached hydrogens (tertiary/aromatic N) is 1. The Bertz CT molecular complexity index is 514.